The van der Waals surface area contributed by atoms with E-state index in [1.54, 1.807) is 0 Å². The molecule has 3 N–H and O–H groups in total. The summed E-state index contributed by atoms with van der Waals surface area (Å²) in [4.78, 5) is 25.9. The summed E-state index contributed by atoms with van der Waals surface area (Å²) in [6.07, 6.45) is 2.02. The molecule has 2 amide bonds. The summed E-state index contributed by atoms with van der Waals surface area (Å²) in [5, 5.41) is 16.5. The van der Waals surface area contributed by atoms with Gasteiger partial charge in [0.25, 0.3) is 11.8 Å². The third-order valence-electron chi connectivity index (χ3n) is 4.58. The number of hydrogen-bond acceptors (Lipinski definition) is 6. The van der Waals surface area contributed by atoms with Gasteiger partial charge in [0.2, 0.25) is 0 Å². The van der Waals surface area contributed by atoms with Gasteiger partial charge in [0.1, 0.15) is 16.6 Å². The minimum atomic E-state index is -0.628. The Hall–Kier alpha value is -2.70. The van der Waals surface area contributed by atoms with Gasteiger partial charge in [-0.1, -0.05) is 0 Å². The van der Waals surface area contributed by atoms with E-state index in [4.69, 9.17) is 10.5 Å². The number of fused-ring (bicyclic) bond motifs is 1. The molecule has 0 bridgehead atoms. The van der Waals surface area contributed by atoms with Crippen LogP contribution in [0.15, 0.2) is 6.20 Å². The Balaban J connectivity index is 2.06. The lowest BCUT2D eigenvalue weighted by Gasteiger charge is -2.41. The lowest BCUT2D eigenvalue weighted by molar-refractivity contribution is -0.135. The van der Waals surface area contributed by atoms with Crippen molar-refractivity contribution in [3.8, 4) is 6.07 Å². The first kappa shape index (κ1) is 20.0. The molecule has 1 aliphatic heterocycles. The van der Waals surface area contributed by atoms with Crippen molar-refractivity contribution in [2.75, 3.05) is 5.32 Å². The van der Waals surface area contributed by atoms with Gasteiger partial charge in [0, 0.05) is 24.0 Å². The van der Waals surface area contributed by atoms with Crippen molar-refractivity contribution in [1.29, 1.82) is 5.26 Å². The normalized spacial score (nSPS) is 16.9. The predicted octanol–water partition coefficient (Wildman–Crippen LogP) is 2.77. The largest absolute Gasteiger partial charge is 0.365 e. The fraction of sp³-hybridized carbons (Fsp3) is 0.474. The summed E-state index contributed by atoms with van der Waals surface area (Å²) in [7, 11) is 0. The molecule has 3 heterocycles. The van der Waals surface area contributed by atoms with Crippen LogP contribution in [0.4, 0.5) is 5.00 Å². The summed E-state index contributed by atoms with van der Waals surface area (Å²) >= 11 is 1.27. The highest BCUT2D eigenvalue weighted by molar-refractivity contribution is 7.17. The highest BCUT2D eigenvalue weighted by atomic mass is 32.1. The van der Waals surface area contributed by atoms with E-state index in [-0.39, 0.29) is 11.3 Å². The number of amides is 2. The Morgan fingerprint density at radius 1 is 1.43 bits per heavy atom. The standard InChI is InChI=1S/C19H23N5O3S/c1-6-24-9-10(8-20)13(23-24)16(26)22-17-12(15(21)25)11-7-18(2,3)27-19(4,5)14(11)28-17/h9H,6-7H2,1-5H3,(H2,21,25)(H,22,26). The zero-order valence-electron chi connectivity index (χ0n) is 16.5. The first-order chi connectivity index (χ1) is 13.0. The Bertz CT molecular complexity index is 1010. The molecule has 0 saturated carbocycles. The third kappa shape index (κ3) is 3.41. The molecule has 0 spiro atoms. The van der Waals surface area contributed by atoms with Crippen LogP contribution in [0.1, 0.15) is 71.5 Å². The molecule has 0 atom stereocenters. The Morgan fingerprint density at radius 3 is 2.68 bits per heavy atom. The topological polar surface area (TPSA) is 123 Å². The van der Waals surface area contributed by atoms with E-state index in [1.807, 2.05) is 40.7 Å². The first-order valence-corrected chi connectivity index (χ1v) is 9.75. The Labute approximate surface area is 167 Å². The zero-order chi connectivity index (χ0) is 20.9. The van der Waals surface area contributed by atoms with Crippen LogP contribution in [-0.4, -0.2) is 27.2 Å². The molecule has 0 aromatic carbocycles. The van der Waals surface area contributed by atoms with Gasteiger partial charge in [0.15, 0.2) is 5.69 Å². The van der Waals surface area contributed by atoms with E-state index in [1.165, 1.54) is 22.2 Å². The fourth-order valence-corrected chi connectivity index (χ4v) is 4.92. The van der Waals surface area contributed by atoms with Crippen LogP contribution in [0.25, 0.3) is 0 Å². The number of aromatic nitrogens is 2. The monoisotopic (exact) mass is 401 g/mol. The third-order valence-corrected chi connectivity index (χ3v) is 6.03. The van der Waals surface area contributed by atoms with Gasteiger partial charge < -0.3 is 15.8 Å². The number of carbonyl (C=O) groups is 2. The van der Waals surface area contributed by atoms with Crippen LogP contribution in [0.3, 0.4) is 0 Å². The molecule has 0 aliphatic carbocycles. The molecule has 1 aliphatic rings. The molecule has 9 heteroatoms. The minimum Gasteiger partial charge on any atom is -0.365 e. The van der Waals surface area contributed by atoms with Crippen LogP contribution >= 0.6 is 11.3 Å². The molecular formula is C19H23N5O3S. The summed E-state index contributed by atoms with van der Waals surface area (Å²) in [6.45, 7) is 10.1. The van der Waals surface area contributed by atoms with Gasteiger partial charge in [-0.2, -0.15) is 10.4 Å². The summed E-state index contributed by atoms with van der Waals surface area (Å²) in [5.41, 5.74) is 5.84. The van der Waals surface area contributed by atoms with Gasteiger partial charge in [-0.15, -0.1) is 11.3 Å². The van der Waals surface area contributed by atoms with Gasteiger partial charge in [-0.3, -0.25) is 14.3 Å². The Morgan fingerprint density at radius 2 is 2.11 bits per heavy atom. The predicted molar refractivity (Wildman–Crippen MR) is 105 cm³/mol. The number of aryl methyl sites for hydroxylation is 1. The molecule has 0 fully saturated rings. The highest BCUT2D eigenvalue weighted by Crippen LogP contribution is 2.48. The van der Waals surface area contributed by atoms with Gasteiger partial charge >= 0.3 is 0 Å². The fourth-order valence-electron chi connectivity index (χ4n) is 3.66. The average molecular weight is 401 g/mol. The number of nitriles is 1. The highest BCUT2D eigenvalue weighted by Gasteiger charge is 2.43. The van der Waals surface area contributed by atoms with Crippen molar-refractivity contribution in [2.45, 2.75) is 58.8 Å². The molecular weight excluding hydrogens is 378 g/mol. The summed E-state index contributed by atoms with van der Waals surface area (Å²) in [6, 6.07) is 1.97. The SMILES string of the molecule is CCn1cc(C#N)c(C(=O)Nc2sc3c(c2C(N)=O)CC(C)(C)OC3(C)C)n1. The molecule has 0 unspecified atom stereocenters. The minimum absolute atomic E-state index is 0.0157. The zero-order valence-corrected chi connectivity index (χ0v) is 17.4. The van der Waals surface area contributed by atoms with Crippen molar-refractivity contribution in [3.05, 3.63) is 33.5 Å². The van der Waals surface area contributed by atoms with Crippen LogP contribution in [0, 0.1) is 11.3 Å². The number of nitrogens with one attached hydrogen (secondary N) is 1. The number of nitrogens with zero attached hydrogens (tertiary/aromatic N) is 3. The summed E-state index contributed by atoms with van der Waals surface area (Å²) < 4.78 is 7.68. The lowest BCUT2D eigenvalue weighted by atomic mass is 9.86. The van der Waals surface area contributed by atoms with E-state index in [9.17, 15) is 14.9 Å². The van der Waals surface area contributed by atoms with Crippen molar-refractivity contribution in [1.82, 2.24) is 9.78 Å². The number of carbonyl (C=O) groups excluding carboxylic acids is 2. The second kappa shape index (κ2) is 6.72. The number of ether oxygens (including phenoxy) is 1. The second-order valence-corrected chi connectivity index (χ2v) is 8.86. The van der Waals surface area contributed by atoms with Crippen LogP contribution < -0.4 is 11.1 Å². The molecule has 28 heavy (non-hydrogen) atoms. The molecule has 0 saturated heterocycles. The first-order valence-electron chi connectivity index (χ1n) is 8.94. The molecule has 148 valence electrons. The molecule has 0 radical (unpaired) electrons. The maximum atomic E-state index is 12.8. The maximum absolute atomic E-state index is 12.8. The molecule has 2 aromatic rings. The Kier molecular flexibility index (Phi) is 4.81. The molecule has 8 nitrogen and oxygen atoms in total. The van der Waals surface area contributed by atoms with Crippen LogP contribution in [-0.2, 0) is 23.3 Å². The number of anilines is 1. The van der Waals surface area contributed by atoms with E-state index >= 15 is 0 Å². The van der Waals surface area contributed by atoms with Crippen LogP contribution in [0.5, 0.6) is 0 Å². The summed E-state index contributed by atoms with van der Waals surface area (Å²) in [5.74, 6) is -1.16. The van der Waals surface area contributed by atoms with Crippen molar-refractivity contribution in [2.24, 2.45) is 5.73 Å². The van der Waals surface area contributed by atoms with Gasteiger partial charge in [-0.05, 0) is 40.2 Å². The quantitative estimate of drug-likeness (QED) is 0.815. The van der Waals surface area contributed by atoms with Gasteiger partial charge in [-0.25, -0.2) is 0 Å². The number of hydrogen-bond donors (Lipinski definition) is 2. The van der Waals surface area contributed by atoms with Crippen molar-refractivity contribution < 1.29 is 14.3 Å². The van der Waals surface area contributed by atoms with Crippen molar-refractivity contribution >= 4 is 28.2 Å². The van der Waals surface area contributed by atoms with Gasteiger partial charge in [0.05, 0.1) is 16.8 Å². The number of nitrogens with two attached hydrogens (primary N) is 1. The van der Waals surface area contributed by atoms with E-state index in [0.717, 1.165) is 10.4 Å². The second-order valence-electron chi connectivity index (χ2n) is 7.84. The number of thiophene rings is 1. The lowest BCUT2D eigenvalue weighted by Crippen LogP contribution is -2.42. The smallest absolute Gasteiger partial charge is 0.278 e. The van der Waals surface area contributed by atoms with E-state index < -0.39 is 23.0 Å². The van der Waals surface area contributed by atoms with Crippen molar-refractivity contribution in [3.63, 3.8) is 0 Å². The molecule has 3 rings (SSSR count). The number of primary amides is 1. The molecule has 2 aromatic heterocycles. The maximum Gasteiger partial charge on any atom is 0.278 e. The number of rotatable bonds is 4. The van der Waals surface area contributed by atoms with Crippen LogP contribution in [0.2, 0.25) is 0 Å². The van der Waals surface area contributed by atoms with E-state index in [2.05, 4.69) is 10.4 Å². The average Bonchev–Trinajstić information content (AvgIpc) is 3.14. The van der Waals surface area contributed by atoms with E-state index in [0.29, 0.717) is 23.5 Å².